The van der Waals surface area contributed by atoms with Crippen LogP contribution in [0.1, 0.15) is 112 Å². The minimum atomic E-state index is -1.25. The summed E-state index contributed by atoms with van der Waals surface area (Å²) in [5, 5.41) is 31.4. The Balaban J connectivity index is 0.00000313. The first kappa shape index (κ1) is 45.3. The van der Waals surface area contributed by atoms with Gasteiger partial charge in [0.25, 0.3) is 0 Å². The average molecular weight is 751 g/mol. The van der Waals surface area contributed by atoms with E-state index in [1.165, 1.54) is 42.9 Å². The lowest BCUT2D eigenvalue weighted by Crippen LogP contribution is -2.61. The molecule has 0 unspecified atom stereocenters. The van der Waals surface area contributed by atoms with Crippen molar-refractivity contribution in [2.45, 2.75) is 155 Å². The second kappa shape index (κ2) is 22.4. The van der Waals surface area contributed by atoms with Crippen molar-refractivity contribution in [1.29, 1.82) is 0 Å². The molecule has 6 amide bonds. The van der Waals surface area contributed by atoms with Crippen LogP contribution in [0.4, 0.5) is 0 Å². The minimum absolute atomic E-state index is 0.0754. The van der Waals surface area contributed by atoms with Crippen molar-refractivity contribution >= 4 is 41.6 Å². The standard InChI is InChI=1S/C36H62N6O8.CO2/c1-7-16-37-34(48)31(24(6)43)40-33(47)28-19-26(44)20-42(28)35(49)23(5)38-32(46)27-15-11-12-17-41(27)36(50)30(21(2)3)39-29(45)18-22(4)25-13-9-8-10-14-25;2-1-3/h21-28,30-31,43-44H,7-20H2,1-6H3,(H,37,48)(H,38,46)(H,39,45)(H,40,47);/t22-,23-,24+,26-,27-,28-,30-,31-;/m0./s1. The molecule has 1 aliphatic carbocycles. The number of carbonyl (C=O) groups excluding carboxylic acids is 8. The normalized spacial score (nSPS) is 23.2. The Morgan fingerprint density at radius 3 is 1.96 bits per heavy atom. The van der Waals surface area contributed by atoms with Crippen molar-refractivity contribution in [2.75, 3.05) is 19.6 Å². The topological polar surface area (TPSA) is 232 Å². The summed E-state index contributed by atoms with van der Waals surface area (Å²) in [5.74, 6) is -2.36. The van der Waals surface area contributed by atoms with Crippen molar-refractivity contribution in [3.8, 4) is 0 Å². The highest BCUT2D eigenvalue weighted by atomic mass is 16.3. The summed E-state index contributed by atoms with van der Waals surface area (Å²) in [4.78, 5) is 99.1. The molecule has 53 heavy (non-hydrogen) atoms. The fraction of sp³-hybridized carbons (Fsp3) is 0.811. The largest absolute Gasteiger partial charge is 0.391 e. The molecule has 0 aromatic heterocycles. The monoisotopic (exact) mass is 750 g/mol. The van der Waals surface area contributed by atoms with Gasteiger partial charge in [-0.3, -0.25) is 28.8 Å². The van der Waals surface area contributed by atoms with Gasteiger partial charge in [-0.15, -0.1) is 0 Å². The molecule has 0 aromatic rings. The molecule has 2 aliphatic heterocycles. The van der Waals surface area contributed by atoms with Crippen LogP contribution in [0.25, 0.3) is 0 Å². The Labute approximate surface area is 312 Å². The number of hydrogen-bond donors (Lipinski definition) is 6. The summed E-state index contributed by atoms with van der Waals surface area (Å²) in [7, 11) is 0. The van der Waals surface area contributed by atoms with Crippen LogP contribution < -0.4 is 21.3 Å². The van der Waals surface area contributed by atoms with E-state index in [1.807, 2.05) is 20.8 Å². The third-order valence-corrected chi connectivity index (χ3v) is 10.5. The van der Waals surface area contributed by atoms with Crippen molar-refractivity contribution in [1.82, 2.24) is 31.1 Å². The van der Waals surface area contributed by atoms with Crippen LogP contribution in [0, 0.1) is 17.8 Å². The van der Waals surface area contributed by atoms with Gasteiger partial charge >= 0.3 is 6.15 Å². The zero-order valence-corrected chi connectivity index (χ0v) is 32.2. The van der Waals surface area contributed by atoms with Crippen LogP contribution in [0.3, 0.4) is 0 Å². The molecule has 0 radical (unpaired) electrons. The molecule has 3 aliphatic rings. The molecule has 16 nitrogen and oxygen atoms in total. The van der Waals surface area contributed by atoms with Crippen molar-refractivity contribution in [3.05, 3.63) is 0 Å². The van der Waals surface area contributed by atoms with Crippen LogP contribution in [0.5, 0.6) is 0 Å². The van der Waals surface area contributed by atoms with E-state index < -0.39 is 66.0 Å². The lowest BCUT2D eigenvalue weighted by atomic mass is 9.79. The fourth-order valence-electron chi connectivity index (χ4n) is 7.49. The highest BCUT2D eigenvalue weighted by Gasteiger charge is 2.43. The first-order chi connectivity index (χ1) is 25.1. The summed E-state index contributed by atoms with van der Waals surface area (Å²) in [6.07, 6.45) is 6.63. The third-order valence-electron chi connectivity index (χ3n) is 10.5. The molecule has 8 atom stereocenters. The second-order valence-corrected chi connectivity index (χ2v) is 15.1. The van der Waals surface area contributed by atoms with Gasteiger partial charge in [0.2, 0.25) is 35.4 Å². The van der Waals surface area contributed by atoms with Gasteiger partial charge in [-0.25, -0.2) is 0 Å². The molecule has 0 bridgehead atoms. The molecule has 300 valence electrons. The van der Waals surface area contributed by atoms with Crippen molar-refractivity contribution < 1.29 is 48.6 Å². The lowest BCUT2D eigenvalue weighted by Gasteiger charge is -2.38. The highest BCUT2D eigenvalue weighted by Crippen LogP contribution is 2.31. The minimum Gasteiger partial charge on any atom is -0.391 e. The third kappa shape index (κ3) is 13.5. The van der Waals surface area contributed by atoms with Gasteiger partial charge in [0.05, 0.1) is 12.2 Å². The van der Waals surface area contributed by atoms with Gasteiger partial charge < -0.3 is 41.3 Å². The van der Waals surface area contributed by atoms with Gasteiger partial charge in [-0.2, -0.15) is 9.59 Å². The zero-order valence-electron chi connectivity index (χ0n) is 32.2. The van der Waals surface area contributed by atoms with Gasteiger partial charge in [0, 0.05) is 32.5 Å². The first-order valence-electron chi connectivity index (χ1n) is 19.2. The fourth-order valence-corrected chi connectivity index (χ4v) is 7.49. The van der Waals surface area contributed by atoms with E-state index >= 15 is 0 Å². The number of aliphatic hydroxyl groups is 2. The molecular formula is C37H62N6O10. The van der Waals surface area contributed by atoms with Crippen LogP contribution in [0.2, 0.25) is 0 Å². The molecule has 16 heteroatoms. The molecule has 2 saturated heterocycles. The van der Waals surface area contributed by atoms with E-state index in [0.717, 1.165) is 12.8 Å². The SMILES string of the molecule is CCCNC(=O)[C@@H](NC(=O)[C@@H]1C[C@H](O)CN1C(=O)[C@H](C)NC(=O)[C@@H]1CCCCN1C(=O)[C@@H](NC(=O)C[C@H](C)C1CCCCC1)C(C)C)[C@@H](C)O.O=C=O. The Morgan fingerprint density at radius 1 is 0.774 bits per heavy atom. The first-order valence-corrected chi connectivity index (χ1v) is 19.2. The molecular weight excluding hydrogens is 688 g/mol. The summed E-state index contributed by atoms with van der Waals surface area (Å²) < 4.78 is 0. The predicted molar refractivity (Wildman–Crippen MR) is 192 cm³/mol. The quantitative estimate of drug-likeness (QED) is 0.135. The summed E-state index contributed by atoms with van der Waals surface area (Å²) in [6, 6.07) is -5.11. The highest BCUT2D eigenvalue weighted by molar-refractivity contribution is 5.96. The van der Waals surface area contributed by atoms with Crippen LogP contribution >= 0.6 is 0 Å². The molecule has 6 N–H and O–H groups in total. The Hall–Kier alpha value is -3.88. The van der Waals surface area contributed by atoms with Gasteiger partial charge in [0.15, 0.2) is 0 Å². The van der Waals surface area contributed by atoms with Crippen LogP contribution in [0.15, 0.2) is 0 Å². The number of β-amino-alcohol motifs (C(OH)–C–C–N with tert-alkyl or cyclic N) is 1. The number of likely N-dealkylation sites (tertiary alicyclic amines) is 2. The van der Waals surface area contributed by atoms with E-state index in [0.29, 0.717) is 51.1 Å². The molecule has 0 spiro atoms. The second-order valence-electron chi connectivity index (χ2n) is 15.1. The summed E-state index contributed by atoms with van der Waals surface area (Å²) in [5.41, 5.74) is 0. The van der Waals surface area contributed by atoms with E-state index in [9.17, 15) is 39.0 Å². The van der Waals surface area contributed by atoms with Gasteiger partial charge in [0.1, 0.15) is 30.2 Å². The predicted octanol–water partition coefficient (Wildman–Crippen LogP) is 0.390. The number of aliphatic hydroxyl groups excluding tert-OH is 2. The van der Waals surface area contributed by atoms with Crippen LogP contribution in [-0.2, 0) is 38.4 Å². The lowest BCUT2D eigenvalue weighted by molar-refractivity contribution is -0.191. The number of carbonyl (C=O) groups is 6. The summed E-state index contributed by atoms with van der Waals surface area (Å²) in [6.45, 7) is 11.1. The molecule has 2 heterocycles. The van der Waals surface area contributed by atoms with Crippen molar-refractivity contribution in [2.24, 2.45) is 17.8 Å². The number of nitrogens with one attached hydrogen (secondary N) is 4. The van der Waals surface area contributed by atoms with E-state index in [-0.39, 0.29) is 42.8 Å². The van der Waals surface area contributed by atoms with E-state index in [4.69, 9.17) is 9.59 Å². The molecule has 0 aromatic carbocycles. The number of nitrogens with zero attached hydrogens (tertiary/aromatic N) is 2. The number of amides is 6. The van der Waals surface area contributed by atoms with Crippen LogP contribution in [-0.4, -0.2) is 124 Å². The maximum absolute atomic E-state index is 13.9. The van der Waals surface area contributed by atoms with Gasteiger partial charge in [-0.05, 0) is 57.3 Å². The van der Waals surface area contributed by atoms with E-state index in [1.54, 1.807) is 0 Å². The molecule has 3 fully saturated rings. The number of rotatable bonds is 15. The smallest absolute Gasteiger partial charge is 0.373 e. The Bertz CT molecular complexity index is 1280. The Morgan fingerprint density at radius 2 is 1.38 bits per heavy atom. The van der Waals surface area contributed by atoms with Gasteiger partial charge in [-0.1, -0.05) is 59.8 Å². The average Bonchev–Trinajstić information content (AvgIpc) is 3.52. The molecule has 1 saturated carbocycles. The van der Waals surface area contributed by atoms with E-state index in [2.05, 4.69) is 28.2 Å². The van der Waals surface area contributed by atoms with Crippen molar-refractivity contribution in [3.63, 3.8) is 0 Å². The number of hydrogen-bond acceptors (Lipinski definition) is 10. The zero-order chi connectivity index (χ0) is 39.8. The maximum atomic E-state index is 13.9. The molecule has 3 rings (SSSR count). The number of piperidine rings is 1. The maximum Gasteiger partial charge on any atom is 0.373 e. The Kier molecular flexibility index (Phi) is 19.1. The summed E-state index contributed by atoms with van der Waals surface area (Å²) >= 11 is 0.